The third-order valence-corrected chi connectivity index (χ3v) is 5.37. The van der Waals surface area contributed by atoms with Crippen LogP contribution >= 0.6 is 27.7 Å². The minimum atomic E-state index is -0.146. The number of aliphatic imine (C=N–C) groups is 1. The minimum absolute atomic E-state index is 0.146. The molecule has 0 unspecified atom stereocenters. The molecule has 2 aromatic carbocycles. The van der Waals surface area contributed by atoms with E-state index in [0.717, 1.165) is 27.9 Å². The van der Waals surface area contributed by atoms with E-state index in [1.54, 1.807) is 6.08 Å². The molecule has 0 radical (unpaired) electrons. The lowest BCUT2D eigenvalue weighted by atomic mass is 10.2. The molecule has 1 aliphatic heterocycles. The van der Waals surface area contributed by atoms with Crippen molar-refractivity contribution in [2.75, 3.05) is 6.61 Å². The molecule has 6 heteroatoms. The van der Waals surface area contributed by atoms with Crippen LogP contribution in [0.5, 0.6) is 5.75 Å². The van der Waals surface area contributed by atoms with Gasteiger partial charge in [0.25, 0.3) is 5.91 Å². The summed E-state index contributed by atoms with van der Waals surface area (Å²) < 4.78 is 6.37. The van der Waals surface area contributed by atoms with E-state index in [2.05, 4.69) is 39.7 Å². The van der Waals surface area contributed by atoms with Crippen LogP contribution in [-0.2, 0) is 11.2 Å². The first-order valence-electron chi connectivity index (χ1n) is 8.51. The van der Waals surface area contributed by atoms with Crippen LogP contribution in [0.3, 0.4) is 0 Å². The first-order valence-corrected chi connectivity index (χ1v) is 10.1. The van der Waals surface area contributed by atoms with Gasteiger partial charge in [0.2, 0.25) is 0 Å². The van der Waals surface area contributed by atoms with Gasteiger partial charge in [0.1, 0.15) is 12.4 Å². The van der Waals surface area contributed by atoms with Gasteiger partial charge in [-0.05, 0) is 75.6 Å². The Hall–Kier alpha value is -2.31. The van der Waals surface area contributed by atoms with Crippen molar-refractivity contribution in [1.82, 2.24) is 5.32 Å². The molecular weight excluding hydrogens is 424 g/mol. The number of rotatable bonds is 6. The van der Waals surface area contributed by atoms with Crippen molar-refractivity contribution in [1.29, 1.82) is 0 Å². The van der Waals surface area contributed by atoms with Crippen LogP contribution in [0.2, 0.25) is 0 Å². The van der Waals surface area contributed by atoms with Gasteiger partial charge in [-0.15, -0.1) is 0 Å². The highest BCUT2D eigenvalue weighted by molar-refractivity contribution is 9.10. The van der Waals surface area contributed by atoms with E-state index in [9.17, 15) is 4.79 Å². The lowest BCUT2D eigenvalue weighted by Crippen LogP contribution is -2.19. The molecule has 27 heavy (non-hydrogen) atoms. The predicted molar refractivity (Wildman–Crippen MR) is 116 cm³/mol. The summed E-state index contributed by atoms with van der Waals surface area (Å²) in [6.07, 6.45) is 4.52. The van der Waals surface area contributed by atoms with Gasteiger partial charge < -0.3 is 10.1 Å². The molecule has 0 aromatic heterocycles. The molecule has 1 aliphatic rings. The maximum Gasteiger partial charge on any atom is 0.264 e. The number of amidine groups is 1. The molecule has 0 spiro atoms. The van der Waals surface area contributed by atoms with Crippen molar-refractivity contribution < 1.29 is 9.53 Å². The zero-order valence-electron chi connectivity index (χ0n) is 14.9. The number of hydrogen-bond donors (Lipinski definition) is 1. The first kappa shape index (κ1) is 19.5. The van der Waals surface area contributed by atoms with Crippen molar-refractivity contribution in [2.45, 2.75) is 13.3 Å². The molecular formula is C21H19BrN2O2S. The number of carbonyl (C=O) groups excluding carboxylic acids is 1. The van der Waals surface area contributed by atoms with Gasteiger partial charge in [0.05, 0.1) is 15.1 Å². The molecule has 4 nitrogen and oxygen atoms in total. The molecule has 1 N–H and O–H groups in total. The Kier molecular flexibility index (Phi) is 6.53. The van der Waals surface area contributed by atoms with Crippen molar-refractivity contribution in [3.05, 3.63) is 75.6 Å². The van der Waals surface area contributed by atoms with Crippen molar-refractivity contribution >= 4 is 50.5 Å². The smallest absolute Gasteiger partial charge is 0.264 e. The predicted octanol–water partition coefficient (Wildman–Crippen LogP) is 5.47. The summed E-state index contributed by atoms with van der Waals surface area (Å²) in [6, 6.07) is 13.7. The minimum Gasteiger partial charge on any atom is -0.488 e. The van der Waals surface area contributed by atoms with Crippen LogP contribution in [0.15, 0.2) is 69.5 Å². The Morgan fingerprint density at radius 2 is 2.04 bits per heavy atom. The fourth-order valence-electron chi connectivity index (χ4n) is 2.43. The van der Waals surface area contributed by atoms with Crippen molar-refractivity contribution in [3.63, 3.8) is 0 Å². The standard InChI is InChI=1S/C21H19BrN2O2S/c1-3-11-26-18-10-7-15(12-17(18)22)13-19-20(25)24-21(27-19)23-16-8-5-14(4-2)6-9-16/h3,5-10,12-13H,1,4,11H2,2H3,(H,23,24,25). The number of carbonyl (C=O) groups is 1. The molecule has 0 saturated carbocycles. The molecule has 1 fully saturated rings. The Labute approximate surface area is 171 Å². The van der Waals surface area contributed by atoms with Crippen molar-refractivity contribution in [3.8, 4) is 5.75 Å². The molecule has 0 aliphatic carbocycles. The number of benzene rings is 2. The van der Waals surface area contributed by atoms with Crippen molar-refractivity contribution in [2.24, 2.45) is 4.99 Å². The van der Waals surface area contributed by atoms with Crippen LogP contribution in [-0.4, -0.2) is 17.7 Å². The zero-order chi connectivity index (χ0) is 19.2. The van der Waals surface area contributed by atoms with Gasteiger partial charge in [0.15, 0.2) is 5.17 Å². The molecule has 1 heterocycles. The quantitative estimate of drug-likeness (QED) is 0.476. The van der Waals surface area contributed by atoms with E-state index in [1.807, 2.05) is 48.5 Å². The Morgan fingerprint density at radius 3 is 2.70 bits per heavy atom. The van der Waals surface area contributed by atoms with E-state index in [1.165, 1.54) is 17.3 Å². The highest BCUT2D eigenvalue weighted by atomic mass is 79.9. The average Bonchev–Trinajstić information content (AvgIpc) is 3.00. The average molecular weight is 443 g/mol. The molecule has 1 amide bonds. The van der Waals surface area contributed by atoms with E-state index in [0.29, 0.717) is 16.7 Å². The first-order chi connectivity index (χ1) is 13.1. The van der Waals surface area contributed by atoms with Crippen LogP contribution in [0.4, 0.5) is 5.69 Å². The third kappa shape index (κ3) is 5.11. The number of nitrogens with zero attached hydrogens (tertiary/aromatic N) is 1. The lowest BCUT2D eigenvalue weighted by Gasteiger charge is -2.06. The summed E-state index contributed by atoms with van der Waals surface area (Å²) in [5.74, 6) is 0.588. The Balaban J connectivity index is 1.75. The number of hydrogen-bond acceptors (Lipinski definition) is 4. The van der Waals surface area contributed by atoms with Crippen LogP contribution in [0.25, 0.3) is 6.08 Å². The monoisotopic (exact) mass is 442 g/mol. The summed E-state index contributed by atoms with van der Waals surface area (Å²) in [7, 11) is 0. The second kappa shape index (κ2) is 9.06. The summed E-state index contributed by atoms with van der Waals surface area (Å²) >= 11 is 4.82. The second-order valence-corrected chi connectivity index (χ2v) is 7.68. The molecule has 138 valence electrons. The summed E-state index contributed by atoms with van der Waals surface area (Å²) in [6.45, 7) is 6.19. The molecule has 2 aromatic rings. The maximum absolute atomic E-state index is 12.2. The summed E-state index contributed by atoms with van der Waals surface area (Å²) in [5.41, 5.74) is 2.98. The van der Waals surface area contributed by atoms with Gasteiger partial charge in [-0.2, -0.15) is 0 Å². The normalized spacial score (nSPS) is 16.6. The van der Waals surface area contributed by atoms with E-state index < -0.39 is 0 Å². The number of nitrogens with one attached hydrogen (secondary N) is 1. The van der Waals surface area contributed by atoms with Gasteiger partial charge >= 0.3 is 0 Å². The SMILES string of the molecule is C=CCOc1ccc(C=C2SC(=Nc3ccc(CC)cc3)NC2=O)cc1Br. The Bertz CT molecular complexity index is 920. The largest absolute Gasteiger partial charge is 0.488 e. The fraction of sp³-hybridized carbons (Fsp3) is 0.143. The van der Waals surface area contributed by atoms with Crippen LogP contribution in [0.1, 0.15) is 18.1 Å². The van der Waals surface area contributed by atoms with E-state index in [4.69, 9.17) is 4.74 Å². The summed E-state index contributed by atoms with van der Waals surface area (Å²) in [5, 5.41) is 3.40. The number of ether oxygens (including phenoxy) is 1. The molecule has 0 bridgehead atoms. The fourth-order valence-corrected chi connectivity index (χ4v) is 3.78. The molecule has 0 atom stereocenters. The number of aryl methyl sites for hydroxylation is 1. The van der Waals surface area contributed by atoms with E-state index >= 15 is 0 Å². The third-order valence-electron chi connectivity index (χ3n) is 3.84. The maximum atomic E-state index is 12.2. The number of amides is 1. The van der Waals surface area contributed by atoms with Gasteiger partial charge in [0, 0.05) is 0 Å². The Morgan fingerprint density at radius 1 is 1.26 bits per heavy atom. The lowest BCUT2D eigenvalue weighted by molar-refractivity contribution is -0.115. The van der Waals surface area contributed by atoms with Gasteiger partial charge in [-0.3, -0.25) is 4.79 Å². The molecule has 1 saturated heterocycles. The summed E-state index contributed by atoms with van der Waals surface area (Å²) in [4.78, 5) is 17.4. The topological polar surface area (TPSA) is 50.7 Å². The van der Waals surface area contributed by atoms with E-state index in [-0.39, 0.29) is 5.91 Å². The van der Waals surface area contributed by atoms with Crippen LogP contribution < -0.4 is 10.1 Å². The van der Waals surface area contributed by atoms with Crippen LogP contribution in [0, 0.1) is 0 Å². The zero-order valence-corrected chi connectivity index (χ0v) is 17.3. The molecule has 3 rings (SSSR count). The number of halogens is 1. The highest BCUT2D eigenvalue weighted by Gasteiger charge is 2.23. The second-order valence-electron chi connectivity index (χ2n) is 5.79. The van der Waals surface area contributed by atoms with Gasteiger partial charge in [-0.1, -0.05) is 37.8 Å². The highest BCUT2D eigenvalue weighted by Crippen LogP contribution is 2.31. The number of thioether (sulfide) groups is 1. The van der Waals surface area contributed by atoms with Gasteiger partial charge in [-0.25, -0.2) is 4.99 Å².